The van der Waals surface area contributed by atoms with Crippen LogP contribution in [0.25, 0.3) is 16.8 Å². The number of aromatic nitrogens is 1. The van der Waals surface area contributed by atoms with Crippen LogP contribution in [-0.4, -0.2) is 24.2 Å². The fourth-order valence-corrected chi connectivity index (χ4v) is 3.70. The van der Waals surface area contributed by atoms with Crippen LogP contribution in [0.5, 0.6) is 0 Å². The van der Waals surface area contributed by atoms with Crippen LogP contribution >= 0.6 is 0 Å². The normalized spacial score (nSPS) is 11.9. The topological polar surface area (TPSA) is 53.2 Å². The molecule has 3 rings (SSSR count). The van der Waals surface area contributed by atoms with E-state index in [9.17, 15) is 0 Å². The quantitative estimate of drug-likeness (QED) is 0.240. The minimum atomic E-state index is 0.656. The molecule has 0 aliphatic heterocycles. The summed E-state index contributed by atoms with van der Waals surface area (Å²) in [6.45, 7) is 6.55. The number of benzene rings is 2. The van der Waals surface area contributed by atoms with Crippen LogP contribution in [0.3, 0.4) is 0 Å². The Bertz CT molecular complexity index is 1120. The van der Waals surface area contributed by atoms with E-state index >= 15 is 0 Å². The Kier molecular flexibility index (Phi) is 7.55. The fraction of sp³-hybridized carbons (Fsp3) is 0.111. The first-order chi connectivity index (χ1) is 15.2. The van der Waals surface area contributed by atoms with E-state index in [4.69, 9.17) is 5.41 Å². The number of nitrogens with zero attached hydrogens (tertiary/aromatic N) is 2. The van der Waals surface area contributed by atoms with E-state index in [1.54, 1.807) is 19.5 Å². The minimum absolute atomic E-state index is 0.656. The molecule has 4 heteroatoms. The van der Waals surface area contributed by atoms with Gasteiger partial charge < -0.3 is 15.3 Å². The van der Waals surface area contributed by atoms with Gasteiger partial charge in [-0.3, -0.25) is 4.99 Å². The van der Waals surface area contributed by atoms with Gasteiger partial charge in [-0.05, 0) is 23.6 Å². The first-order valence-electron chi connectivity index (χ1n) is 10.2. The van der Waals surface area contributed by atoms with Gasteiger partial charge >= 0.3 is 0 Å². The lowest BCUT2D eigenvalue weighted by atomic mass is 9.96. The van der Waals surface area contributed by atoms with Crippen molar-refractivity contribution >= 4 is 23.9 Å². The van der Waals surface area contributed by atoms with Crippen LogP contribution in [0.15, 0.2) is 96.5 Å². The number of rotatable bonds is 9. The molecular weight excluding hydrogens is 380 g/mol. The molecule has 2 N–H and O–H groups in total. The molecule has 3 aromatic rings. The summed E-state index contributed by atoms with van der Waals surface area (Å²) in [7, 11) is 1.73. The lowest BCUT2D eigenvalue weighted by molar-refractivity contribution is 0.823. The highest BCUT2D eigenvalue weighted by Gasteiger charge is 2.24. The van der Waals surface area contributed by atoms with Crippen molar-refractivity contribution < 1.29 is 0 Å². The molecule has 0 amide bonds. The molecule has 4 nitrogen and oxygen atoms in total. The summed E-state index contributed by atoms with van der Waals surface area (Å²) in [4.78, 5) is 4.11. The zero-order valence-corrected chi connectivity index (χ0v) is 18.0. The van der Waals surface area contributed by atoms with Crippen molar-refractivity contribution in [1.29, 1.82) is 5.41 Å². The van der Waals surface area contributed by atoms with Crippen molar-refractivity contribution in [1.82, 2.24) is 4.57 Å². The van der Waals surface area contributed by atoms with Gasteiger partial charge in [-0.1, -0.05) is 91.5 Å². The Morgan fingerprint density at radius 1 is 1.10 bits per heavy atom. The molecule has 0 saturated heterocycles. The molecule has 0 radical (unpaired) electrons. The average Bonchev–Trinajstić information content (AvgIpc) is 3.11. The Hall–Kier alpha value is -3.92. The molecule has 0 bridgehead atoms. The molecule has 0 unspecified atom stereocenters. The summed E-state index contributed by atoms with van der Waals surface area (Å²) in [6, 6.07) is 20.6. The largest absolute Gasteiger partial charge is 0.332 e. The third-order valence-electron chi connectivity index (χ3n) is 4.94. The second-order valence-corrected chi connectivity index (χ2v) is 6.96. The van der Waals surface area contributed by atoms with Gasteiger partial charge in [0.05, 0.1) is 12.0 Å². The molecule has 1 heterocycles. The molecular formula is C27H28N4. The summed E-state index contributed by atoms with van der Waals surface area (Å²) in [5.41, 5.74) is 6.09. The molecule has 0 aliphatic carbocycles. The SMILES string of the molecule is C=C/C=C(\C=C/C)c1c(C=N)c(NC=NC)n(Cc2ccccc2)c1-c1ccccc1. The van der Waals surface area contributed by atoms with Gasteiger partial charge in [0.2, 0.25) is 0 Å². The smallest absolute Gasteiger partial charge is 0.121 e. The van der Waals surface area contributed by atoms with Gasteiger partial charge in [0, 0.05) is 30.9 Å². The molecule has 156 valence electrons. The maximum atomic E-state index is 8.27. The minimum Gasteiger partial charge on any atom is -0.332 e. The first kappa shape index (κ1) is 21.8. The van der Waals surface area contributed by atoms with Gasteiger partial charge in [-0.2, -0.15) is 0 Å². The maximum absolute atomic E-state index is 8.27. The highest BCUT2D eigenvalue weighted by atomic mass is 15.1. The predicted molar refractivity (Wildman–Crippen MR) is 134 cm³/mol. The maximum Gasteiger partial charge on any atom is 0.121 e. The number of hydrogen-bond acceptors (Lipinski definition) is 2. The molecule has 0 fully saturated rings. The number of hydrogen-bond donors (Lipinski definition) is 2. The van der Waals surface area contributed by atoms with Gasteiger partial charge in [0.15, 0.2) is 0 Å². The van der Waals surface area contributed by atoms with Gasteiger partial charge in [0.25, 0.3) is 0 Å². The molecule has 31 heavy (non-hydrogen) atoms. The van der Waals surface area contributed by atoms with Crippen LogP contribution in [0, 0.1) is 5.41 Å². The summed E-state index contributed by atoms with van der Waals surface area (Å²) >= 11 is 0. The van der Waals surface area contributed by atoms with Crippen LogP contribution in [-0.2, 0) is 6.54 Å². The third kappa shape index (κ3) is 4.81. The Morgan fingerprint density at radius 2 is 1.77 bits per heavy atom. The van der Waals surface area contributed by atoms with Crippen LogP contribution in [0.4, 0.5) is 5.82 Å². The van der Waals surface area contributed by atoms with E-state index in [-0.39, 0.29) is 0 Å². The number of aliphatic imine (C=N–C) groups is 1. The van der Waals surface area contributed by atoms with Gasteiger partial charge in [0.1, 0.15) is 5.82 Å². The van der Waals surface area contributed by atoms with E-state index in [2.05, 4.69) is 51.8 Å². The summed E-state index contributed by atoms with van der Waals surface area (Å²) < 4.78 is 2.22. The van der Waals surface area contributed by atoms with Crippen LogP contribution in [0.2, 0.25) is 0 Å². The second kappa shape index (κ2) is 10.7. The number of nitrogens with one attached hydrogen (secondary N) is 2. The number of allylic oxidation sites excluding steroid dienone is 5. The second-order valence-electron chi connectivity index (χ2n) is 6.96. The first-order valence-corrected chi connectivity index (χ1v) is 10.2. The lowest BCUT2D eigenvalue weighted by Crippen LogP contribution is -2.09. The lowest BCUT2D eigenvalue weighted by Gasteiger charge is -2.15. The Morgan fingerprint density at radius 3 is 2.35 bits per heavy atom. The Balaban J connectivity index is 2.41. The summed E-state index contributed by atoms with van der Waals surface area (Å²) in [6.07, 6.45) is 10.9. The van der Waals surface area contributed by atoms with Crippen molar-refractivity contribution in [2.45, 2.75) is 13.5 Å². The van der Waals surface area contributed by atoms with E-state index in [1.807, 2.05) is 55.5 Å². The van der Waals surface area contributed by atoms with E-state index in [0.717, 1.165) is 33.8 Å². The zero-order valence-electron chi connectivity index (χ0n) is 18.0. The van der Waals surface area contributed by atoms with Gasteiger partial charge in [-0.15, -0.1) is 0 Å². The Labute approximate surface area is 184 Å². The van der Waals surface area contributed by atoms with Gasteiger partial charge in [-0.25, -0.2) is 0 Å². The molecule has 0 saturated carbocycles. The third-order valence-corrected chi connectivity index (χ3v) is 4.94. The molecule has 0 aliphatic rings. The van der Waals surface area contributed by atoms with E-state index in [1.165, 1.54) is 11.8 Å². The highest BCUT2D eigenvalue weighted by molar-refractivity contribution is 6.02. The van der Waals surface area contributed by atoms with E-state index < -0.39 is 0 Å². The van der Waals surface area contributed by atoms with Crippen molar-refractivity contribution in [2.75, 3.05) is 12.4 Å². The summed E-state index contributed by atoms with van der Waals surface area (Å²) in [5, 5.41) is 11.6. The zero-order chi connectivity index (χ0) is 22.1. The fourth-order valence-electron chi connectivity index (χ4n) is 3.70. The predicted octanol–water partition coefficient (Wildman–Crippen LogP) is 6.42. The molecule has 2 aromatic carbocycles. The van der Waals surface area contributed by atoms with Crippen molar-refractivity contribution in [3.63, 3.8) is 0 Å². The van der Waals surface area contributed by atoms with Crippen molar-refractivity contribution in [3.05, 3.63) is 108 Å². The van der Waals surface area contributed by atoms with Crippen LogP contribution < -0.4 is 5.32 Å². The van der Waals surface area contributed by atoms with Crippen LogP contribution in [0.1, 0.15) is 23.6 Å². The highest BCUT2D eigenvalue weighted by Crippen LogP contribution is 2.39. The summed E-state index contributed by atoms with van der Waals surface area (Å²) in [5.74, 6) is 0.831. The molecule has 0 spiro atoms. The molecule has 1 aromatic heterocycles. The van der Waals surface area contributed by atoms with E-state index in [0.29, 0.717) is 6.54 Å². The molecule has 0 atom stereocenters. The monoisotopic (exact) mass is 408 g/mol. The average molecular weight is 409 g/mol. The van der Waals surface area contributed by atoms with Crippen molar-refractivity contribution in [3.8, 4) is 11.3 Å². The number of anilines is 1. The van der Waals surface area contributed by atoms with Crippen molar-refractivity contribution in [2.24, 2.45) is 4.99 Å². The standard InChI is InChI=1S/C27H28N4/c1-4-12-22(13-5-2)25-24(18-28)27(30-20-29-3)31(19-21-14-8-6-9-15-21)26(25)23-16-10-7-11-17-23/h4-18,20,28H,1,19H2,2-3H3,(H,29,30)/b13-5-,22-12+,28-18?.